The van der Waals surface area contributed by atoms with E-state index in [0.717, 1.165) is 22.7 Å². The Kier molecular flexibility index (Phi) is 4.89. The summed E-state index contributed by atoms with van der Waals surface area (Å²) >= 11 is 12.1. The van der Waals surface area contributed by atoms with Gasteiger partial charge in [-0.1, -0.05) is 42.3 Å². The van der Waals surface area contributed by atoms with Crippen LogP contribution >= 0.6 is 23.2 Å². The Labute approximate surface area is 128 Å². The number of anilines is 1. The fourth-order valence-electron chi connectivity index (χ4n) is 2.04. The SMILES string of the molecule is CCC(Nc1ccc(C#N)c(Cl)c1)c1cccc(Cl)c1. The monoisotopic (exact) mass is 304 g/mol. The maximum atomic E-state index is 8.88. The van der Waals surface area contributed by atoms with Crippen LogP contribution < -0.4 is 5.32 Å². The molecule has 0 radical (unpaired) electrons. The van der Waals surface area contributed by atoms with E-state index in [9.17, 15) is 0 Å². The van der Waals surface area contributed by atoms with Crippen molar-refractivity contribution in [3.8, 4) is 6.07 Å². The van der Waals surface area contributed by atoms with E-state index < -0.39 is 0 Å². The summed E-state index contributed by atoms with van der Waals surface area (Å²) in [4.78, 5) is 0. The number of hydrogen-bond acceptors (Lipinski definition) is 2. The van der Waals surface area contributed by atoms with Gasteiger partial charge < -0.3 is 5.32 Å². The summed E-state index contributed by atoms with van der Waals surface area (Å²) in [5.74, 6) is 0. The van der Waals surface area contributed by atoms with Gasteiger partial charge in [0.1, 0.15) is 6.07 Å². The highest BCUT2D eigenvalue weighted by molar-refractivity contribution is 6.32. The predicted octanol–water partition coefficient (Wildman–Crippen LogP) is 5.43. The van der Waals surface area contributed by atoms with Crippen molar-refractivity contribution in [3.63, 3.8) is 0 Å². The molecule has 0 saturated heterocycles. The van der Waals surface area contributed by atoms with Gasteiger partial charge in [-0.05, 0) is 42.3 Å². The summed E-state index contributed by atoms with van der Waals surface area (Å²) < 4.78 is 0. The highest BCUT2D eigenvalue weighted by atomic mass is 35.5. The van der Waals surface area contributed by atoms with E-state index in [2.05, 4.69) is 18.3 Å². The van der Waals surface area contributed by atoms with Gasteiger partial charge in [-0.3, -0.25) is 0 Å². The number of nitrogens with zero attached hydrogens (tertiary/aromatic N) is 1. The Hall–Kier alpha value is -1.69. The Bertz CT molecular complexity index is 647. The molecule has 102 valence electrons. The third-order valence-electron chi connectivity index (χ3n) is 3.09. The van der Waals surface area contributed by atoms with Crippen molar-refractivity contribution in [1.29, 1.82) is 5.26 Å². The van der Waals surface area contributed by atoms with Crippen molar-refractivity contribution >= 4 is 28.9 Å². The first-order valence-electron chi connectivity index (χ1n) is 6.35. The topological polar surface area (TPSA) is 35.8 Å². The highest BCUT2D eigenvalue weighted by Crippen LogP contribution is 2.27. The van der Waals surface area contributed by atoms with Crippen LogP contribution in [-0.4, -0.2) is 0 Å². The molecule has 0 heterocycles. The minimum Gasteiger partial charge on any atom is -0.378 e. The average Bonchev–Trinajstić information content (AvgIpc) is 2.45. The summed E-state index contributed by atoms with van der Waals surface area (Å²) in [6.45, 7) is 2.10. The lowest BCUT2D eigenvalue weighted by Gasteiger charge is -2.19. The molecule has 1 atom stereocenters. The van der Waals surface area contributed by atoms with Crippen LogP contribution in [0.5, 0.6) is 0 Å². The molecule has 0 spiro atoms. The second kappa shape index (κ2) is 6.65. The van der Waals surface area contributed by atoms with Crippen LogP contribution in [0.3, 0.4) is 0 Å². The van der Waals surface area contributed by atoms with Gasteiger partial charge in [-0.2, -0.15) is 5.26 Å². The van der Waals surface area contributed by atoms with Crippen LogP contribution in [0, 0.1) is 11.3 Å². The van der Waals surface area contributed by atoms with E-state index >= 15 is 0 Å². The molecule has 0 saturated carbocycles. The molecule has 0 aromatic heterocycles. The Morgan fingerprint density at radius 2 is 2.00 bits per heavy atom. The number of nitriles is 1. The zero-order valence-corrected chi connectivity index (χ0v) is 12.5. The first-order chi connectivity index (χ1) is 9.63. The fourth-order valence-corrected chi connectivity index (χ4v) is 2.46. The van der Waals surface area contributed by atoms with Gasteiger partial charge in [0.2, 0.25) is 0 Å². The second-order valence-electron chi connectivity index (χ2n) is 4.47. The Morgan fingerprint density at radius 3 is 2.60 bits per heavy atom. The van der Waals surface area contributed by atoms with Gasteiger partial charge in [0.05, 0.1) is 16.6 Å². The molecule has 0 bridgehead atoms. The van der Waals surface area contributed by atoms with E-state index in [4.69, 9.17) is 28.5 Å². The van der Waals surface area contributed by atoms with Crippen LogP contribution in [0.25, 0.3) is 0 Å². The molecule has 1 N–H and O–H groups in total. The largest absolute Gasteiger partial charge is 0.378 e. The van der Waals surface area contributed by atoms with Crippen molar-refractivity contribution < 1.29 is 0 Å². The Morgan fingerprint density at radius 1 is 1.20 bits per heavy atom. The van der Waals surface area contributed by atoms with Gasteiger partial charge in [-0.25, -0.2) is 0 Å². The van der Waals surface area contributed by atoms with Crippen LogP contribution in [0.1, 0.15) is 30.5 Å². The van der Waals surface area contributed by atoms with E-state index in [1.165, 1.54) is 0 Å². The first-order valence-corrected chi connectivity index (χ1v) is 7.11. The predicted molar refractivity (Wildman–Crippen MR) is 84.3 cm³/mol. The molecule has 2 nitrogen and oxygen atoms in total. The summed E-state index contributed by atoms with van der Waals surface area (Å²) in [6, 6.07) is 15.3. The third-order valence-corrected chi connectivity index (χ3v) is 3.64. The molecule has 20 heavy (non-hydrogen) atoms. The molecule has 1 unspecified atom stereocenters. The average molecular weight is 305 g/mol. The zero-order valence-electron chi connectivity index (χ0n) is 11.0. The lowest BCUT2D eigenvalue weighted by Crippen LogP contribution is -2.09. The van der Waals surface area contributed by atoms with Crippen molar-refractivity contribution in [1.82, 2.24) is 0 Å². The second-order valence-corrected chi connectivity index (χ2v) is 5.31. The van der Waals surface area contributed by atoms with Gasteiger partial charge in [0, 0.05) is 10.7 Å². The minimum absolute atomic E-state index is 0.151. The van der Waals surface area contributed by atoms with Gasteiger partial charge >= 0.3 is 0 Å². The normalized spacial score (nSPS) is 11.7. The van der Waals surface area contributed by atoms with Crippen LogP contribution in [0.2, 0.25) is 10.0 Å². The molecule has 2 rings (SSSR count). The molecule has 2 aromatic rings. The van der Waals surface area contributed by atoms with Gasteiger partial charge in [0.15, 0.2) is 0 Å². The highest BCUT2D eigenvalue weighted by Gasteiger charge is 2.10. The van der Waals surface area contributed by atoms with Crippen molar-refractivity contribution in [2.45, 2.75) is 19.4 Å². The van der Waals surface area contributed by atoms with E-state index in [-0.39, 0.29) is 6.04 Å². The minimum atomic E-state index is 0.151. The van der Waals surface area contributed by atoms with Crippen molar-refractivity contribution in [3.05, 3.63) is 63.6 Å². The summed E-state index contributed by atoms with van der Waals surface area (Å²) in [5.41, 5.74) is 2.49. The molecular formula is C16H14Cl2N2. The number of rotatable bonds is 4. The van der Waals surface area contributed by atoms with Gasteiger partial charge in [-0.15, -0.1) is 0 Å². The van der Waals surface area contributed by atoms with E-state index in [1.807, 2.05) is 30.3 Å². The van der Waals surface area contributed by atoms with E-state index in [1.54, 1.807) is 12.1 Å². The number of benzene rings is 2. The molecule has 4 heteroatoms. The molecule has 0 aliphatic rings. The van der Waals surface area contributed by atoms with Crippen molar-refractivity contribution in [2.75, 3.05) is 5.32 Å². The summed E-state index contributed by atoms with van der Waals surface area (Å²) in [7, 11) is 0. The zero-order chi connectivity index (χ0) is 14.5. The fraction of sp³-hybridized carbons (Fsp3) is 0.188. The van der Waals surface area contributed by atoms with Crippen molar-refractivity contribution in [2.24, 2.45) is 0 Å². The van der Waals surface area contributed by atoms with Gasteiger partial charge in [0.25, 0.3) is 0 Å². The molecular weight excluding hydrogens is 291 g/mol. The lowest BCUT2D eigenvalue weighted by atomic mass is 10.0. The van der Waals surface area contributed by atoms with Crippen LogP contribution in [0.15, 0.2) is 42.5 Å². The number of hydrogen-bond donors (Lipinski definition) is 1. The Balaban J connectivity index is 2.23. The maximum Gasteiger partial charge on any atom is 0.101 e. The van der Waals surface area contributed by atoms with E-state index in [0.29, 0.717) is 10.6 Å². The lowest BCUT2D eigenvalue weighted by molar-refractivity contribution is 0.749. The summed E-state index contributed by atoms with van der Waals surface area (Å²) in [6.07, 6.45) is 0.915. The number of halogens is 2. The molecule has 0 aliphatic heterocycles. The molecule has 0 aliphatic carbocycles. The smallest absolute Gasteiger partial charge is 0.101 e. The van der Waals surface area contributed by atoms with Crippen LogP contribution in [0.4, 0.5) is 5.69 Å². The molecule has 2 aromatic carbocycles. The summed E-state index contributed by atoms with van der Waals surface area (Å²) in [5, 5.41) is 13.5. The first kappa shape index (κ1) is 14.7. The third kappa shape index (κ3) is 3.45. The molecule has 0 fully saturated rings. The molecule has 0 amide bonds. The maximum absolute atomic E-state index is 8.88. The quantitative estimate of drug-likeness (QED) is 0.817. The standard InChI is InChI=1S/C16H14Cl2N2/c1-2-16(11-4-3-5-13(17)8-11)20-14-7-6-12(10-19)15(18)9-14/h3-9,16,20H,2H2,1H3. The number of nitrogens with one attached hydrogen (secondary N) is 1. The van der Waals surface area contributed by atoms with Crippen LogP contribution in [-0.2, 0) is 0 Å².